The lowest BCUT2D eigenvalue weighted by molar-refractivity contribution is 0.573. The van der Waals surface area contributed by atoms with Crippen LogP contribution >= 0.6 is 11.6 Å². The maximum atomic E-state index is 11.1. The van der Waals surface area contributed by atoms with E-state index >= 15 is 0 Å². The maximum Gasteiger partial charge on any atom is 0.199 e. The zero-order valence-electron chi connectivity index (χ0n) is 10.4. The van der Waals surface area contributed by atoms with Crippen LogP contribution in [0.4, 0.5) is 0 Å². The molecule has 0 radical (unpaired) electrons. The van der Waals surface area contributed by atoms with Crippen LogP contribution in [0.5, 0.6) is 0 Å². The van der Waals surface area contributed by atoms with Gasteiger partial charge in [0.25, 0.3) is 0 Å². The minimum absolute atomic E-state index is 0.181. The van der Waals surface area contributed by atoms with Crippen LogP contribution in [0.3, 0.4) is 0 Å². The zero-order valence-corrected chi connectivity index (χ0v) is 12.0. The Labute approximate surface area is 114 Å². The van der Waals surface area contributed by atoms with Gasteiger partial charge < -0.3 is 9.73 Å². The molecule has 0 aliphatic heterocycles. The van der Waals surface area contributed by atoms with E-state index in [0.717, 1.165) is 16.5 Å². The highest BCUT2D eigenvalue weighted by molar-refractivity contribution is 7.84. The lowest BCUT2D eigenvalue weighted by Gasteiger charge is -2.11. The fourth-order valence-electron chi connectivity index (χ4n) is 1.92. The quantitative estimate of drug-likeness (QED) is 0.918. The summed E-state index contributed by atoms with van der Waals surface area (Å²) < 4.78 is 16.6. The third-order valence-corrected chi connectivity index (χ3v) is 4.04. The molecule has 5 heteroatoms. The molecule has 2 aromatic rings. The highest BCUT2D eigenvalue weighted by atomic mass is 35.5. The summed E-state index contributed by atoms with van der Waals surface area (Å²) in [6, 6.07) is 7.95. The zero-order chi connectivity index (χ0) is 13.1. The number of fused-ring (bicyclic) bond motifs is 1. The van der Waals surface area contributed by atoms with Gasteiger partial charge in [-0.1, -0.05) is 18.2 Å². The van der Waals surface area contributed by atoms with Crippen molar-refractivity contribution in [3.05, 3.63) is 35.0 Å². The molecule has 0 saturated heterocycles. The number of nitrogens with one attached hydrogen (secondary N) is 1. The van der Waals surface area contributed by atoms with Crippen molar-refractivity contribution in [1.29, 1.82) is 0 Å². The second-order valence-electron chi connectivity index (χ2n) is 4.37. The molecule has 18 heavy (non-hydrogen) atoms. The molecule has 0 bridgehead atoms. The molecule has 0 fully saturated rings. The number of para-hydroxylation sites is 1. The predicted molar refractivity (Wildman–Crippen MR) is 76.5 cm³/mol. The van der Waals surface area contributed by atoms with Gasteiger partial charge >= 0.3 is 0 Å². The Balaban J connectivity index is 2.12. The van der Waals surface area contributed by atoms with E-state index in [9.17, 15) is 4.21 Å². The number of hydrogen-bond acceptors (Lipinski definition) is 3. The summed E-state index contributed by atoms with van der Waals surface area (Å²) in [5.41, 5.74) is 1.76. The van der Waals surface area contributed by atoms with Crippen molar-refractivity contribution in [2.75, 3.05) is 12.0 Å². The Morgan fingerprint density at radius 1 is 1.44 bits per heavy atom. The molecule has 0 spiro atoms. The summed E-state index contributed by atoms with van der Waals surface area (Å²) in [5.74, 6) is 0.632. The molecule has 0 aliphatic carbocycles. The van der Waals surface area contributed by atoms with E-state index in [1.54, 1.807) is 6.26 Å². The van der Waals surface area contributed by atoms with Gasteiger partial charge in [0.1, 0.15) is 5.58 Å². The first kappa shape index (κ1) is 13.6. The Hall–Kier alpha value is -0.840. The van der Waals surface area contributed by atoms with Crippen molar-refractivity contribution in [2.24, 2.45) is 0 Å². The maximum absolute atomic E-state index is 11.1. The topological polar surface area (TPSA) is 42.2 Å². The van der Waals surface area contributed by atoms with E-state index in [4.69, 9.17) is 16.0 Å². The number of benzene rings is 1. The van der Waals surface area contributed by atoms with Crippen LogP contribution in [0.25, 0.3) is 11.0 Å². The smallest absolute Gasteiger partial charge is 0.199 e. The molecule has 3 nitrogen and oxygen atoms in total. The lowest BCUT2D eigenvalue weighted by Crippen LogP contribution is -2.30. The van der Waals surface area contributed by atoms with E-state index in [1.165, 1.54) is 0 Å². The number of rotatable bonds is 5. The number of furan rings is 1. The molecule has 1 N–H and O–H groups in total. The van der Waals surface area contributed by atoms with Crippen LogP contribution in [-0.2, 0) is 17.3 Å². The summed E-state index contributed by atoms with van der Waals surface area (Å²) in [6.45, 7) is 2.63. The molecular formula is C13H16ClNO2S. The minimum atomic E-state index is -0.795. The van der Waals surface area contributed by atoms with Gasteiger partial charge in [-0.3, -0.25) is 4.21 Å². The molecule has 1 aromatic carbocycles. The fraction of sp³-hybridized carbons (Fsp3) is 0.385. The Morgan fingerprint density at radius 2 is 2.17 bits per heavy atom. The summed E-state index contributed by atoms with van der Waals surface area (Å²) in [4.78, 5) is 0. The van der Waals surface area contributed by atoms with E-state index in [-0.39, 0.29) is 6.04 Å². The second-order valence-corrected chi connectivity index (χ2v) is 6.20. The molecule has 2 unspecified atom stereocenters. The normalized spacial score (nSPS) is 14.8. The van der Waals surface area contributed by atoms with Gasteiger partial charge in [-0.15, -0.1) is 0 Å². The molecule has 1 aromatic heterocycles. The monoisotopic (exact) mass is 285 g/mol. The van der Waals surface area contributed by atoms with Crippen LogP contribution in [0.2, 0.25) is 5.22 Å². The summed E-state index contributed by atoms with van der Waals surface area (Å²) in [7, 11) is -0.795. The molecule has 2 atom stereocenters. The Morgan fingerprint density at radius 3 is 2.89 bits per heavy atom. The largest absolute Gasteiger partial charge is 0.444 e. The second kappa shape index (κ2) is 5.87. The molecule has 0 saturated carbocycles. The van der Waals surface area contributed by atoms with Crippen molar-refractivity contribution in [3.8, 4) is 0 Å². The molecule has 0 aliphatic rings. The number of hydrogen-bond donors (Lipinski definition) is 1. The van der Waals surface area contributed by atoms with Gasteiger partial charge in [0, 0.05) is 46.3 Å². The van der Waals surface area contributed by atoms with E-state index in [2.05, 4.69) is 5.32 Å². The average molecular weight is 286 g/mol. The first-order valence-corrected chi connectivity index (χ1v) is 7.87. The third-order valence-electron chi connectivity index (χ3n) is 2.76. The highest BCUT2D eigenvalue weighted by Gasteiger charge is 2.13. The number of halogens is 1. The van der Waals surface area contributed by atoms with Crippen molar-refractivity contribution in [1.82, 2.24) is 5.32 Å². The molecule has 98 valence electrons. The minimum Gasteiger partial charge on any atom is -0.444 e. The Kier molecular flexibility index (Phi) is 4.43. The SMILES string of the molecule is CC(CS(C)=O)NCc1c(Cl)oc2ccccc12. The third kappa shape index (κ3) is 3.13. The first-order valence-electron chi connectivity index (χ1n) is 5.77. The van der Waals surface area contributed by atoms with Crippen molar-refractivity contribution in [3.63, 3.8) is 0 Å². The molecule has 1 heterocycles. The van der Waals surface area contributed by atoms with Crippen molar-refractivity contribution >= 4 is 33.4 Å². The predicted octanol–water partition coefficient (Wildman–Crippen LogP) is 2.94. The standard InChI is InChI=1S/C13H16ClNO2S/c1-9(8-18(2)16)15-7-11-10-5-3-4-6-12(10)17-13(11)14/h3-6,9,15H,7-8H2,1-2H3. The van der Waals surface area contributed by atoms with E-state index in [1.807, 2.05) is 31.2 Å². The van der Waals surface area contributed by atoms with E-state index in [0.29, 0.717) is 17.5 Å². The van der Waals surface area contributed by atoms with Gasteiger partial charge in [0.15, 0.2) is 5.22 Å². The van der Waals surface area contributed by atoms with Crippen LogP contribution < -0.4 is 5.32 Å². The summed E-state index contributed by atoms with van der Waals surface area (Å²) in [6.07, 6.45) is 1.71. The van der Waals surface area contributed by atoms with Crippen LogP contribution in [0.15, 0.2) is 28.7 Å². The summed E-state index contributed by atoms with van der Waals surface area (Å²) >= 11 is 6.09. The molecule has 2 rings (SSSR count). The van der Waals surface area contributed by atoms with Gasteiger partial charge in [-0.25, -0.2) is 0 Å². The first-order chi connectivity index (χ1) is 8.58. The molecule has 0 amide bonds. The van der Waals surface area contributed by atoms with Gasteiger partial charge in [0.2, 0.25) is 0 Å². The van der Waals surface area contributed by atoms with Gasteiger partial charge in [0.05, 0.1) is 0 Å². The van der Waals surface area contributed by atoms with Crippen molar-refractivity contribution < 1.29 is 8.63 Å². The van der Waals surface area contributed by atoms with Crippen LogP contribution in [0, 0.1) is 0 Å². The Bertz CT molecular complexity index is 567. The lowest BCUT2D eigenvalue weighted by atomic mass is 10.2. The van der Waals surface area contributed by atoms with Crippen LogP contribution in [-0.4, -0.2) is 22.3 Å². The van der Waals surface area contributed by atoms with Crippen molar-refractivity contribution in [2.45, 2.75) is 19.5 Å². The van der Waals surface area contributed by atoms with E-state index < -0.39 is 10.8 Å². The van der Waals surface area contributed by atoms with Crippen LogP contribution in [0.1, 0.15) is 12.5 Å². The highest BCUT2D eigenvalue weighted by Crippen LogP contribution is 2.29. The fourth-order valence-corrected chi connectivity index (χ4v) is 2.99. The molecular weight excluding hydrogens is 270 g/mol. The summed E-state index contributed by atoms with van der Waals surface area (Å²) in [5, 5.41) is 4.76. The van der Waals surface area contributed by atoms with Gasteiger partial charge in [-0.05, 0) is 24.6 Å². The van der Waals surface area contributed by atoms with Gasteiger partial charge in [-0.2, -0.15) is 0 Å². The average Bonchev–Trinajstić information content (AvgIpc) is 2.61.